The Morgan fingerprint density at radius 3 is 2.33 bits per heavy atom. The van der Waals surface area contributed by atoms with Crippen LogP contribution < -0.4 is 0 Å². The lowest BCUT2D eigenvalue weighted by molar-refractivity contribution is 0.00234. The van der Waals surface area contributed by atoms with Gasteiger partial charge in [-0.2, -0.15) is 0 Å². The lowest BCUT2D eigenvalue weighted by Gasteiger charge is -2.41. The predicted octanol–water partition coefficient (Wildman–Crippen LogP) is 1.97. The molecular weight excluding hydrogens is 193 g/mol. The van der Waals surface area contributed by atoms with Crippen molar-refractivity contribution in [2.24, 2.45) is 5.92 Å². The highest BCUT2D eigenvalue weighted by Crippen LogP contribution is 2.27. The average Bonchev–Trinajstić information content (AvgIpc) is 2.30. The van der Waals surface area contributed by atoms with Crippen molar-refractivity contribution in [3.8, 4) is 0 Å². The molecular formula is C12H22FNO. The smallest absolute Gasteiger partial charge is 0.0923 e. The normalized spacial score (nSPS) is 35.6. The molecule has 1 heterocycles. The average molecular weight is 215 g/mol. The standard InChI is InChI=1S/C12H22FNO/c13-9-10-5-7-14(8-6-10)11-3-1-2-4-12(11)15/h10-12,15H,1-9H2. The van der Waals surface area contributed by atoms with Gasteiger partial charge in [-0.25, -0.2) is 0 Å². The highest BCUT2D eigenvalue weighted by molar-refractivity contribution is 4.85. The maximum absolute atomic E-state index is 12.5. The summed E-state index contributed by atoms with van der Waals surface area (Å²) in [7, 11) is 0. The third kappa shape index (κ3) is 2.70. The lowest BCUT2D eigenvalue weighted by Crippen LogP contribution is -2.48. The molecule has 1 aliphatic carbocycles. The van der Waals surface area contributed by atoms with Crippen LogP contribution in [-0.4, -0.2) is 41.9 Å². The van der Waals surface area contributed by atoms with Crippen LogP contribution in [0.1, 0.15) is 38.5 Å². The van der Waals surface area contributed by atoms with Gasteiger partial charge in [-0.3, -0.25) is 9.29 Å². The van der Waals surface area contributed by atoms with E-state index in [4.69, 9.17) is 0 Å². The summed E-state index contributed by atoms with van der Waals surface area (Å²) >= 11 is 0. The van der Waals surface area contributed by atoms with Gasteiger partial charge in [0.05, 0.1) is 12.8 Å². The minimum atomic E-state index is -0.166. The van der Waals surface area contributed by atoms with Gasteiger partial charge in [-0.15, -0.1) is 0 Å². The van der Waals surface area contributed by atoms with Gasteiger partial charge in [0.1, 0.15) is 0 Å². The van der Waals surface area contributed by atoms with Gasteiger partial charge < -0.3 is 5.11 Å². The molecule has 0 bridgehead atoms. The molecule has 1 saturated carbocycles. The number of nitrogens with zero attached hydrogens (tertiary/aromatic N) is 1. The zero-order valence-electron chi connectivity index (χ0n) is 9.37. The monoisotopic (exact) mass is 215 g/mol. The molecule has 0 aromatic rings. The second-order valence-electron chi connectivity index (χ2n) is 5.05. The summed E-state index contributed by atoms with van der Waals surface area (Å²) in [5.41, 5.74) is 0. The minimum absolute atomic E-state index is 0.138. The van der Waals surface area contributed by atoms with Crippen LogP contribution in [0.15, 0.2) is 0 Å². The summed E-state index contributed by atoms with van der Waals surface area (Å²) in [4.78, 5) is 2.38. The quantitative estimate of drug-likeness (QED) is 0.761. The van der Waals surface area contributed by atoms with E-state index in [1.165, 1.54) is 12.8 Å². The van der Waals surface area contributed by atoms with Crippen LogP contribution in [0.3, 0.4) is 0 Å². The first-order chi connectivity index (χ1) is 7.31. The second kappa shape index (κ2) is 5.26. The number of rotatable bonds is 2. The third-order valence-electron chi connectivity index (χ3n) is 4.03. The topological polar surface area (TPSA) is 23.5 Å². The number of hydrogen-bond donors (Lipinski definition) is 1. The van der Waals surface area contributed by atoms with Crippen LogP contribution in [0.5, 0.6) is 0 Å². The van der Waals surface area contributed by atoms with Crippen molar-refractivity contribution in [2.75, 3.05) is 19.8 Å². The number of alkyl halides is 1. The number of hydrogen-bond acceptors (Lipinski definition) is 2. The van der Waals surface area contributed by atoms with Crippen molar-refractivity contribution in [3.05, 3.63) is 0 Å². The zero-order valence-corrected chi connectivity index (χ0v) is 9.37. The van der Waals surface area contributed by atoms with Crippen LogP contribution >= 0.6 is 0 Å². The summed E-state index contributed by atoms with van der Waals surface area (Å²) < 4.78 is 12.5. The van der Waals surface area contributed by atoms with E-state index in [-0.39, 0.29) is 18.7 Å². The molecule has 1 aliphatic heterocycles. The van der Waals surface area contributed by atoms with E-state index in [9.17, 15) is 9.50 Å². The predicted molar refractivity (Wildman–Crippen MR) is 58.5 cm³/mol. The first-order valence-electron chi connectivity index (χ1n) is 6.29. The molecule has 15 heavy (non-hydrogen) atoms. The van der Waals surface area contributed by atoms with Crippen LogP contribution in [0.4, 0.5) is 4.39 Å². The van der Waals surface area contributed by atoms with Crippen molar-refractivity contribution in [3.63, 3.8) is 0 Å². The Morgan fingerprint density at radius 1 is 1.07 bits per heavy atom. The Balaban J connectivity index is 1.83. The molecule has 1 saturated heterocycles. The Hall–Kier alpha value is -0.150. The summed E-state index contributed by atoms with van der Waals surface area (Å²) in [6, 6.07) is 0.360. The molecule has 2 nitrogen and oxygen atoms in total. The molecule has 2 unspecified atom stereocenters. The fourth-order valence-corrected chi connectivity index (χ4v) is 2.96. The fraction of sp³-hybridized carbons (Fsp3) is 1.00. The number of likely N-dealkylation sites (tertiary alicyclic amines) is 1. The molecule has 0 radical (unpaired) electrons. The molecule has 2 fully saturated rings. The van der Waals surface area contributed by atoms with Crippen molar-refractivity contribution in [1.82, 2.24) is 4.90 Å². The maximum atomic E-state index is 12.5. The molecule has 2 atom stereocenters. The summed E-state index contributed by atoms with van der Waals surface area (Å²) in [6.45, 7) is 1.80. The van der Waals surface area contributed by atoms with E-state index in [1.54, 1.807) is 0 Å². The van der Waals surface area contributed by atoms with Gasteiger partial charge >= 0.3 is 0 Å². The van der Waals surface area contributed by atoms with E-state index in [0.29, 0.717) is 6.04 Å². The van der Waals surface area contributed by atoms with Crippen molar-refractivity contribution in [1.29, 1.82) is 0 Å². The fourth-order valence-electron chi connectivity index (χ4n) is 2.96. The van der Waals surface area contributed by atoms with Gasteiger partial charge in [-0.1, -0.05) is 12.8 Å². The van der Waals surface area contributed by atoms with E-state index in [2.05, 4.69) is 4.90 Å². The molecule has 3 heteroatoms. The Bertz CT molecular complexity index is 192. The van der Waals surface area contributed by atoms with Crippen LogP contribution in [0.2, 0.25) is 0 Å². The lowest BCUT2D eigenvalue weighted by atomic mass is 9.88. The molecule has 88 valence electrons. The molecule has 0 amide bonds. The van der Waals surface area contributed by atoms with E-state index >= 15 is 0 Å². The minimum Gasteiger partial charge on any atom is -0.391 e. The molecule has 1 N–H and O–H groups in total. The largest absolute Gasteiger partial charge is 0.391 e. The summed E-state index contributed by atoms with van der Waals surface area (Å²) in [6.07, 6.45) is 6.29. The third-order valence-corrected chi connectivity index (χ3v) is 4.03. The van der Waals surface area contributed by atoms with E-state index < -0.39 is 0 Å². The SMILES string of the molecule is OC1CCCCC1N1CCC(CF)CC1. The van der Waals surface area contributed by atoms with Gasteiger partial charge in [0, 0.05) is 6.04 Å². The van der Waals surface area contributed by atoms with Gasteiger partial charge in [0.15, 0.2) is 0 Å². The highest BCUT2D eigenvalue weighted by atomic mass is 19.1. The molecule has 2 rings (SSSR count). The zero-order chi connectivity index (χ0) is 10.7. The van der Waals surface area contributed by atoms with Gasteiger partial charge in [0.25, 0.3) is 0 Å². The number of halogens is 1. The first-order valence-corrected chi connectivity index (χ1v) is 6.29. The summed E-state index contributed by atoms with van der Waals surface area (Å²) in [5.74, 6) is 0.280. The van der Waals surface area contributed by atoms with Crippen molar-refractivity contribution in [2.45, 2.75) is 50.7 Å². The summed E-state index contributed by atoms with van der Waals surface area (Å²) in [5, 5.41) is 9.93. The number of piperidine rings is 1. The van der Waals surface area contributed by atoms with E-state index in [0.717, 1.165) is 38.8 Å². The van der Waals surface area contributed by atoms with Crippen molar-refractivity contribution < 1.29 is 9.50 Å². The molecule has 2 aliphatic rings. The highest BCUT2D eigenvalue weighted by Gasteiger charge is 2.31. The second-order valence-corrected chi connectivity index (χ2v) is 5.05. The molecule has 0 spiro atoms. The van der Waals surface area contributed by atoms with Crippen LogP contribution in [0.25, 0.3) is 0 Å². The van der Waals surface area contributed by atoms with Crippen LogP contribution in [0, 0.1) is 5.92 Å². The Morgan fingerprint density at radius 2 is 1.73 bits per heavy atom. The van der Waals surface area contributed by atoms with E-state index in [1.807, 2.05) is 0 Å². The van der Waals surface area contributed by atoms with Gasteiger partial charge in [0.2, 0.25) is 0 Å². The van der Waals surface area contributed by atoms with Crippen molar-refractivity contribution >= 4 is 0 Å². The van der Waals surface area contributed by atoms with Gasteiger partial charge in [-0.05, 0) is 44.7 Å². The molecule has 0 aromatic carbocycles. The molecule has 0 aromatic heterocycles. The van der Waals surface area contributed by atoms with Crippen LogP contribution in [-0.2, 0) is 0 Å². The first kappa shape index (κ1) is 11.3. The number of aliphatic hydroxyl groups excluding tert-OH is 1. The Labute approximate surface area is 91.5 Å². The Kier molecular flexibility index (Phi) is 3.98. The number of aliphatic hydroxyl groups is 1. The maximum Gasteiger partial charge on any atom is 0.0923 e.